The molecule has 0 saturated carbocycles. The van der Waals surface area contributed by atoms with Crippen LogP contribution in [0.3, 0.4) is 0 Å². The van der Waals surface area contributed by atoms with Gasteiger partial charge in [0.2, 0.25) is 0 Å². The van der Waals surface area contributed by atoms with E-state index in [1.54, 1.807) is 0 Å². The van der Waals surface area contributed by atoms with Crippen LogP contribution in [0.5, 0.6) is 0 Å². The lowest BCUT2D eigenvalue weighted by atomic mass is 10.1. The Bertz CT molecular complexity index is 971. The number of allylic oxidation sites excluding steroid dienone is 2. The first-order chi connectivity index (χ1) is 13.4. The zero-order valence-corrected chi connectivity index (χ0v) is 16.7. The van der Waals surface area contributed by atoms with E-state index in [0.717, 1.165) is 22.5 Å². The van der Waals surface area contributed by atoms with E-state index in [-0.39, 0.29) is 0 Å². The Balaban J connectivity index is 2.29. The molecule has 0 bridgehead atoms. The quantitative estimate of drug-likeness (QED) is 0.750. The second-order valence-electron chi connectivity index (χ2n) is 6.42. The van der Waals surface area contributed by atoms with Crippen LogP contribution in [0.2, 0.25) is 0 Å². The van der Waals surface area contributed by atoms with Gasteiger partial charge in [0.1, 0.15) is 0 Å². The molecule has 0 saturated heterocycles. The monoisotopic (exact) mass is 362 g/mol. The molecule has 28 heavy (non-hydrogen) atoms. The summed E-state index contributed by atoms with van der Waals surface area (Å²) in [6.45, 7) is 0. The van der Waals surface area contributed by atoms with Gasteiger partial charge in [-0.25, -0.2) is 0 Å². The summed E-state index contributed by atoms with van der Waals surface area (Å²) in [5.74, 6) is 17.2. The Morgan fingerprint density at radius 2 is 0.929 bits per heavy atom. The molecule has 2 aromatic rings. The van der Waals surface area contributed by atoms with Gasteiger partial charge in [-0.05, 0) is 48.5 Å². The summed E-state index contributed by atoms with van der Waals surface area (Å²) in [6, 6.07) is 15.8. The molecule has 2 rings (SSSR count). The number of hydrogen-bond acceptors (Lipinski definition) is 2. The van der Waals surface area contributed by atoms with Gasteiger partial charge in [-0.1, -0.05) is 35.5 Å². The molecule has 0 heterocycles. The Morgan fingerprint density at radius 1 is 0.607 bits per heavy atom. The average molecular weight is 362 g/mol. The minimum Gasteiger partial charge on any atom is -0.378 e. The molecule has 0 atom stereocenters. The minimum absolute atomic E-state index is 0.414. The molecule has 0 fully saturated rings. The highest BCUT2D eigenvalue weighted by Crippen LogP contribution is 2.13. The number of benzene rings is 2. The van der Waals surface area contributed by atoms with Gasteiger partial charge in [-0.15, -0.1) is 12.8 Å². The van der Waals surface area contributed by atoms with Gasteiger partial charge in [0.05, 0.1) is 11.1 Å². The minimum atomic E-state index is 0.414. The molecule has 0 N–H and O–H groups in total. The summed E-state index contributed by atoms with van der Waals surface area (Å²) in [5.41, 5.74) is 4.76. The molecule has 0 aliphatic carbocycles. The maximum atomic E-state index is 5.61. The third-order valence-corrected chi connectivity index (χ3v) is 3.97. The van der Waals surface area contributed by atoms with Gasteiger partial charge in [0, 0.05) is 50.7 Å². The van der Waals surface area contributed by atoms with Gasteiger partial charge >= 0.3 is 0 Å². The van der Waals surface area contributed by atoms with Crippen LogP contribution in [-0.2, 0) is 0 Å². The standard InChI is InChI=1S/C26H22N2/c1-7-23(15-9-21-11-17-25(18-12-21)27(3)4)24(8-2)16-10-22-13-19-26(20-14-22)28(5)6/h1-2,11-14,17-20H,3-6H3/b24-23-. The molecule has 2 aromatic carbocycles. The van der Waals surface area contributed by atoms with Gasteiger partial charge in [-0.3, -0.25) is 0 Å². The Morgan fingerprint density at radius 3 is 1.18 bits per heavy atom. The molecule has 0 aromatic heterocycles. The number of hydrogen-bond donors (Lipinski definition) is 0. The molecule has 0 amide bonds. The lowest BCUT2D eigenvalue weighted by molar-refractivity contribution is 1.13. The molecule has 136 valence electrons. The van der Waals surface area contributed by atoms with Crippen LogP contribution in [-0.4, -0.2) is 28.2 Å². The summed E-state index contributed by atoms with van der Waals surface area (Å²) in [7, 11) is 7.97. The first kappa shape index (κ1) is 20.3. The van der Waals surface area contributed by atoms with Crippen molar-refractivity contribution in [3.8, 4) is 48.4 Å². The summed E-state index contributed by atoms with van der Waals surface area (Å²) in [6.07, 6.45) is 11.2. The van der Waals surface area contributed by atoms with E-state index in [1.807, 2.05) is 86.5 Å². The largest absolute Gasteiger partial charge is 0.378 e. The van der Waals surface area contributed by atoms with E-state index in [4.69, 9.17) is 12.8 Å². The van der Waals surface area contributed by atoms with Crippen molar-refractivity contribution >= 4 is 11.4 Å². The number of terminal acetylenes is 2. The van der Waals surface area contributed by atoms with Crippen LogP contribution >= 0.6 is 0 Å². The van der Waals surface area contributed by atoms with Crippen LogP contribution in [0.15, 0.2) is 59.7 Å². The SMILES string of the molecule is C#C/C(C#Cc1ccc(N(C)C)cc1)=C(\C#C)C#Cc1ccc(N(C)C)cc1. The molecule has 0 radical (unpaired) electrons. The molecular formula is C26H22N2. The van der Waals surface area contributed by atoms with Gasteiger partial charge in [0.25, 0.3) is 0 Å². The zero-order valence-electron chi connectivity index (χ0n) is 16.7. The zero-order chi connectivity index (χ0) is 20.5. The van der Waals surface area contributed by atoms with Crippen LogP contribution in [0.25, 0.3) is 0 Å². The van der Waals surface area contributed by atoms with Crippen molar-refractivity contribution in [1.82, 2.24) is 0 Å². The van der Waals surface area contributed by atoms with Crippen molar-refractivity contribution < 1.29 is 0 Å². The van der Waals surface area contributed by atoms with Crippen LogP contribution in [0.4, 0.5) is 11.4 Å². The van der Waals surface area contributed by atoms with Crippen molar-refractivity contribution in [3.63, 3.8) is 0 Å². The van der Waals surface area contributed by atoms with E-state index in [9.17, 15) is 0 Å². The third-order valence-electron chi connectivity index (χ3n) is 3.97. The lowest BCUT2D eigenvalue weighted by Crippen LogP contribution is -2.07. The molecule has 0 aliphatic heterocycles. The fourth-order valence-corrected chi connectivity index (χ4v) is 2.30. The smallest absolute Gasteiger partial charge is 0.0986 e. The van der Waals surface area contributed by atoms with Crippen LogP contribution in [0, 0.1) is 48.4 Å². The summed E-state index contributed by atoms with van der Waals surface area (Å²) < 4.78 is 0. The first-order valence-corrected chi connectivity index (χ1v) is 8.71. The van der Waals surface area contributed by atoms with E-state index in [2.05, 4.69) is 35.5 Å². The average Bonchev–Trinajstić information content (AvgIpc) is 2.71. The third kappa shape index (κ3) is 5.51. The van der Waals surface area contributed by atoms with E-state index in [0.29, 0.717) is 11.1 Å². The fraction of sp³-hybridized carbons (Fsp3) is 0.154. The van der Waals surface area contributed by atoms with Gasteiger partial charge in [-0.2, -0.15) is 0 Å². The van der Waals surface area contributed by atoms with Crippen molar-refractivity contribution in [2.75, 3.05) is 38.0 Å². The van der Waals surface area contributed by atoms with Gasteiger partial charge < -0.3 is 9.80 Å². The van der Waals surface area contributed by atoms with Crippen molar-refractivity contribution in [1.29, 1.82) is 0 Å². The number of rotatable bonds is 2. The maximum Gasteiger partial charge on any atom is 0.0986 e. The Hall–Kier alpha value is -3.98. The van der Waals surface area contributed by atoms with Crippen LogP contribution in [0.1, 0.15) is 11.1 Å². The summed E-state index contributed by atoms with van der Waals surface area (Å²) >= 11 is 0. The summed E-state index contributed by atoms with van der Waals surface area (Å²) in [4.78, 5) is 4.06. The second-order valence-corrected chi connectivity index (χ2v) is 6.42. The highest BCUT2D eigenvalue weighted by atomic mass is 15.1. The Kier molecular flexibility index (Phi) is 7.00. The number of nitrogens with zero attached hydrogens (tertiary/aromatic N) is 2. The Labute approximate surface area is 168 Å². The molecule has 0 spiro atoms. The molecule has 0 unspecified atom stereocenters. The normalized spacial score (nSPS) is 10.1. The fourth-order valence-electron chi connectivity index (χ4n) is 2.30. The topological polar surface area (TPSA) is 6.48 Å². The second kappa shape index (κ2) is 9.64. The van der Waals surface area contributed by atoms with Crippen molar-refractivity contribution in [3.05, 3.63) is 70.8 Å². The van der Waals surface area contributed by atoms with Gasteiger partial charge in [0.15, 0.2) is 0 Å². The molecule has 2 heteroatoms. The van der Waals surface area contributed by atoms with E-state index >= 15 is 0 Å². The first-order valence-electron chi connectivity index (χ1n) is 8.71. The van der Waals surface area contributed by atoms with Crippen molar-refractivity contribution in [2.24, 2.45) is 0 Å². The number of anilines is 2. The lowest BCUT2D eigenvalue weighted by Gasteiger charge is -2.11. The predicted molar refractivity (Wildman–Crippen MR) is 120 cm³/mol. The highest BCUT2D eigenvalue weighted by molar-refractivity contribution is 5.62. The van der Waals surface area contributed by atoms with E-state index < -0.39 is 0 Å². The molecular weight excluding hydrogens is 340 g/mol. The summed E-state index contributed by atoms with van der Waals surface area (Å²) in [5, 5.41) is 0. The highest BCUT2D eigenvalue weighted by Gasteiger charge is 1.98. The van der Waals surface area contributed by atoms with Crippen LogP contribution < -0.4 is 9.80 Å². The van der Waals surface area contributed by atoms with Crippen molar-refractivity contribution in [2.45, 2.75) is 0 Å². The predicted octanol–water partition coefficient (Wildman–Crippen LogP) is 3.78. The van der Waals surface area contributed by atoms with E-state index in [1.165, 1.54) is 0 Å². The molecule has 2 nitrogen and oxygen atoms in total. The maximum absolute atomic E-state index is 5.61. The molecule has 0 aliphatic rings.